The van der Waals surface area contributed by atoms with E-state index >= 15 is 0 Å². The van der Waals surface area contributed by atoms with Gasteiger partial charge in [-0.1, -0.05) is 18.2 Å². The van der Waals surface area contributed by atoms with Gasteiger partial charge in [0.1, 0.15) is 5.69 Å². The van der Waals surface area contributed by atoms with Gasteiger partial charge >= 0.3 is 5.97 Å². The quantitative estimate of drug-likeness (QED) is 0.577. The molecule has 1 unspecified atom stereocenters. The minimum atomic E-state index is -0.364. The van der Waals surface area contributed by atoms with Crippen LogP contribution in [0.1, 0.15) is 31.1 Å². The zero-order valence-corrected chi connectivity index (χ0v) is 17.0. The largest absolute Gasteiger partial charge is 1.00 e. The standard InChI is InChI=1S/C21H23N3O3.ClH/c1-4-24(14-20(25)23-17-9-7-6-8-10-17)15(3)22-18-13-16(11-12-19(18)24)21(26)27-5-2;/h6-13H,4-5,14H2,1-3H3;1H. The summed E-state index contributed by atoms with van der Waals surface area (Å²) >= 11 is 0. The first kappa shape index (κ1) is 21.6. The highest BCUT2D eigenvalue weighted by Crippen LogP contribution is 2.41. The van der Waals surface area contributed by atoms with E-state index in [4.69, 9.17) is 4.74 Å². The molecule has 1 amide bonds. The van der Waals surface area contributed by atoms with Gasteiger partial charge in [-0.05, 0) is 38.1 Å². The van der Waals surface area contributed by atoms with E-state index in [0.717, 1.165) is 17.2 Å². The molecule has 6 nitrogen and oxygen atoms in total. The first-order valence-corrected chi connectivity index (χ1v) is 9.09. The molecule has 0 spiro atoms. The van der Waals surface area contributed by atoms with Crippen molar-refractivity contribution in [1.82, 2.24) is 4.48 Å². The molecule has 0 aromatic heterocycles. The molecule has 1 heterocycles. The van der Waals surface area contributed by atoms with Crippen LogP contribution in [0.2, 0.25) is 0 Å². The number of nitrogens with zero attached hydrogens (tertiary/aromatic N) is 2. The Morgan fingerprint density at radius 1 is 1.11 bits per heavy atom. The molecule has 2 aromatic carbocycles. The lowest BCUT2D eigenvalue weighted by molar-refractivity contribution is -0.116. The maximum atomic E-state index is 12.7. The summed E-state index contributed by atoms with van der Waals surface area (Å²) in [5, 5.41) is 2.94. The summed E-state index contributed by atoms with van der Waals surface area (Å²) in [6, 6.07) is 14.7. The minimum absolute atomic E-state index is 0. The van der Waals surface area contributed by atoms with Gasteiger partial charge in [-0.2, -0.15) is 4.99 Å². The van der Waals surface area contributed by atoms with Crippen LogP contribution in [0.4, 0.5) is 17.1 Å². The molecule has 0 fully saturated rings. The van der Waals surface area contributed by atoms with Crippen molar-refractivity contribution in [2.45, 2.75) is 20.8 Å². The first-order valence-electron chi connectivity index (χ1n) is 9.09. The van der Waals surface area contributed by atoms with Crippen LogP contribution < -0.4 is 22.2 Å². The molecule has 0 radical (unpaired) electrons. The minimum Gasteiger partial charge on any atom is -1.00 e. The SMILES string of the molecule is CCOC(=O)c1ccc2c(c1)N=C(C)[N+]2(CC)CC(=O)Nc1ccccc1.[Cl-]. The molecule has 148 valence electrons. The number of rotatable bonds is 6. The number of esters is 1. The van der Waals surface area contributed by atoms with Crippen molar-refractivity contribution in [3.63, 3.8) is 0 Å². The average molecular weight is 402 g/mol. The van der Waals surface area contributed by atoms with Gasteiger partial charge in [-0.3, -0.25) is 4.79 Å². The third-order valence-corrected chi connectivity index (χ3v) is 4.86. The number of benzene rings is 2. The Hall–Kier alpha value is -2.70. The van der Waals surface area contributed by atoms with Crippen molar-refractivity contribution in [3.8, 4) is 0 Å². The van der Waals surface area contributed by atoms with E-state index < -0.39 is 0 Å². The molecule has 7 heteroatoms. The number of nitrogens with one attached hydrogen (secondary N) is 1. The molecule has 2 aromatic rings. The van der Waals surface area contributed by atoms with Gasteiger partial charge in [-0.15, -0.1) is 0 Å². The van der Waals surface area contributed by atoms with Gasteiger partial charge in [0, 0.05) is 18.7 Å². The monoisotopic (exact) mass is 401 g/mol. The van der Waals surface area contributed by atoms with Gasteiger partial charge in [0.15, 0.2) is 12.2 Å². The van der Waals surface area contributed by atoms with E-state index in [1.54, 1.807) is 19.1 Å². The number of amides is 1. The zero-order chi connectivity index (χ0) is 19.4. The molecule has 1 atom stereocenters. The van der Waals surface area contributed by atoms with E-state index in [2.05, 4.69) is 10.3 Å². The second-order valence-electron chi connectivity index (χ2n) is 6.44. The van der Waals surface area contributed by atoms with Crippen molar-refractivity contribution in [3.05, 3.63) is 54.1 Å². The van der Waals surface area contributed by atoms with Gasteiger partial charge < -0.3 is 22.5 Å². The molecule has 0 saturated heterocycles. The average Bonchev–Trinajstić information content (AvgIpc) is 2.93. The number of quaternary nitrogens is 1. The fourth-order valence-corrected chi connectivity index (χ4v) is 3.44. The van der Waals surface area contributed by atoms with Crippen LogP contribution in [0.3, 0.4) is 0 Å². The van der Waals surface area contributed by atoms with Gasteiger partial charge in [0.25, 0.3) is 5.91 Å². The number of amidine groups is 1. The van der Waals surface area contributed by atoms with E-state index in [9.17, 15) is 9.59 Å². The number of aliphatic imine (C=N–C) groups is 1. The topological polar surface area (TPSA) is 67.8 Å². The summed E-state index contributed by atoms with van der Waals surface area (Å²) in [5.74, 6) is 0.383. The second-order valence-corrected chi connectivity index (χ2v) is 6.44. The number of hydrogen-bond donors (Lipinski definition) is 1. The normalized spacial score (nSPS) is 17.2. The molecule has 28 heavy (non-hydrogen) atoms. The third kappa shape index (κ3) is 4.08. The number of ether oxygens (including phenoxy) is 1. The van der Waals surface area contributed by atoms with Crippen LogP contribution in [0, 0.1) is 0 Å². The number of likely N-dealkylation sites (N-methyl/N-ethyl adjacent to an activating group) is 1. The number of halogens is 1. The Kier molecular flexibility index (Phi) is 6.94. The number of para-hydroxylation sites is 1. The lowest BCUT2D eigenvalue weighted by Gasteiger charge is -2.32. The maximum absolute atomic E-state index is 12.7. The van der Waals surface area contributed by atoms with Crippen molar-refractivity contribution in [2.75, 3.05) is 25.0 Å². The van der Waals surface area contributed by atoms with Crippen LogP contribution in [-0.2, 0) is 9.53 Å². The van der Waals surface area contributed by atoms with E-state index in [0.29, 0.717) is 28.9 Å². The molecule has 0 aliphatic carbocycles. The summed E-state index contributed by atoms with van der Waals surface area (Å²) < 4.78 is 5.41. The highest BCUT2D eigenvalue weighted by atomic mass is 35.5. The highest BCUT2D eigenvalue weighted by molar-refractivity contribution is 6.07. The van der Waals surface area contributed by atoms with Crippen molar-refractivity contribution in [2.24, 2.45) is 4.99 Å². The molecule has 3 rings (SSSR count). The smallest absolute Gasteiger partial charge is 0.338 e. The summed E-state index contributed by atoms with van der Waals surface area (Å²) in [7, 11) is 0. The Bertz CT molecular complexity index is 899. The maximum Gasteiger partial charge on any atom is 0.338 e. The second kappa shape index (κ2) is 8.99. The van der Waals surface area contributed by atoms with Crippen molar-refractivity contribution >= 4 is 34.8 Å². The van der Waals surface area contributed by atoms with Crippen LogP contribution in [0.25, 0.3) is 0 Å². The summed E-state index contributed by atoms with van der Waals surface area (Å²) in [6.07, 6.45) is 0. The first-order chi connectivity index (χ1) is 13.0. The lowest BCUT2D eigenvalue weighted by atomic mass is 10.1. The third-order valence-electron chi connectivity index (χ3n) is 4.86. The molecule has 0 saturated carbocycles. The predicted octanol–water partition coefficient (Wildman–Crippen LogP) is 0.897. The fraction of sp³-hybridized carbons (Fsp3) is 0.286. The Morgan fingerprint density at radius 2 is 1.82 bits per heavy atom. The van der Waals surface area contributed by atoms with Crippen LogP contribution >= 0.6 is 0 Å². The molecule has 0 bridgehead atoms. The number of fused-ring (bicyclic) bond motifs is 1. The van der Waals surface area contributed by atoms with Crippen molar-refractivity contribution < 1.29 is 26.7 Å². The van der Waals surface area contributed by atoms with E-state index in [1.165, 1.54) is 0 Å². The number of carbonyl (C=O) groups is 2. The summed E-state index contributed by atoms with van der Waals surface area (Å²) in [6.45, 7) is 6.98. The van der Waals surface area contributed by atoms with Crippen molar-refractivity contribution in [1.29, 1.82) is 0 Å². The lowest BCUT2D eigenvalue weighted by Crippen LogP contribution is -3.00. The number of hydrogen-bond acceptors (Lipinski definition) is 4. The van der Waals surface area contributed by atoms with Gasteiger partial charge in [0.2, 0.25) is 5.84 Å². The van der Waals surface area contributed by atoms with Crippen LogP contribution in [0.5, 0.6) is 0 Å². The van der Waals surface area contributed by atoms with Gasteiger partial charge in [0.05, 0.1) is 18.7 Å². The highest BCUT2D eigenvalue weighted by Gasteiger charge is 2.42. The predicted molar refractivity (Wildman–Crippen MR) is 107 cm³/mol. The Morgan fingerprint density at radius 3 is 2.46 bits per heavy atom. The Balaban J connectivity index is 0.00000280. The van der Waals surface area contributed by atoms with Gasteiger partial charge in [-0.25, -0.2) is 9.28 Å². The number of carbonyl (C=O) groups excluding carboxylic acids is 2. The molecular formula is C21H24ClN3O3. The summed E-state index contributed by atoms with van der Waals surface area (Å²) in [5.41, 5.74) is 2.87. The van der Waals surface area contributed by atoms with E-state index in [-0.39, 0.29) is 30.8 Å². The summed E-state index contributed by atoms with van der Waals surface area (Å²) in [4.78, 5) is 29.3. The molecule has 1 aliphatic rings. The Labute approximate surface area is 171 Å². The van der Waals surface area contributed by atoms with Crippen LogP contribution in [0.15, 0.2) is 53.5 Å². The molecular weight excluding hydrogens is 378 g/mol. The molecule has 1 N–H and O–H groups in total. The van der Waals surface area contributed by atoms with E-state index in [1.807, 2.05) is 50.2 Å². The molecule has 1 aliphatic heterocycles. The fourth-order valence-electron chi connectivity index (χ4n) is 3.44. The number of anilines is 1. The zero-order valence-electron chi connectivity index (χ0n) is 16.2. The van der Waals surface area contributed by atoms with Crippen LogP contribution in [-0.4, -0.2) is 37.4 Å².